The van der Waals surface area contributed by atoms with Gasteiger partial charge in [0.2, 0.25) is 5.91 Å². The standard InChI is InChI=1S/C22H23N3O3S2/c1-14-4-2-5-15(10-14)21(27)24-16-7-8-18-19(11-16)30-22(25-18)29-13-20(26)23-12-17-6-3-9-28-17/h2,4-5,7-8,10-11,17H,3,6,9,12-13H2,1H3,(H,23,26)(H,24,27). The van der Waals surface area contributed by atoms with Crippen molar-refractivity contribution in [3.8, 4) is 0 Å². The highest BCUT2D eigenvalue weighted by Gasteiger charge is 2.16. The summed E-state index contributed by atoms with van der Waals surface area (Å²) in [5, 5.41) is 5.86. The van der Waals surface area contributed by atoms with Crippen LogP contribution in [0.25, 0.3) is 10.2 Å². The third kappa shape index (κ3) is 5.38. The molecule has 1 atom stereocenters. The molecule has 0 bridgehead atoms. The Labute approximate surface area is 183 Å². The maximum Gasteiger partial charge on any atom is 0.255 e. The number of fused-ring (bicyclic) bond motifs is 1. The van der Waals surface area contributed by atoms with Crippen LogP contribution in [-0.2, 0) is 9.53 Å². The van der Waals surface area contributed by atoms with Crippen molar-refractivity contribution in [1.29, 1.82) is 0 Å². The van der Waals surface area contributed by atoms with E-state index in [1.165, 1.54) is 23.1 Å². The Hall–Kier alpha value is -2.42. The Morgan fingerprint density at radius 2 is 2.17 bits per heavy atom. The molecule has 1 saturated heterocycles. The number of aromatic nitrogens is 1. The van der Waals surface area contributed by atoms with Crippen molar-refractivity contribution in [3.63, 3.8) is 0 Å². The first-order chi connectivity index (χ1) is 14.6. The van der Waals surface area contributed by atoms with Gasteiger partial charge in [-0.25, -0.2) is 4.98 Å². The zero-order valence-electron chi connectivity index (χ0n) is 16.6. The largest absolute Gasteiger partial charge is 0.376 e. The quantitative estimate of drug-likeness (QED) is 0.536. The van der Waals surface area contributed by atoms with Crippen LogP contribution in [0.4, 0.5) is 5.69 Å². The van der Waals surface area contributed by atoms with Crippen LogP contribution in [0.5, 0.6) is 0 Å². The third-order valence-corrected chi connectivity index (χ3v) is 6.95. The molecule has 4 rings (SSSR count). The van der Waals surface area contributed by atoms with Crippen LogP contribution in [0, 0.1) is 6.92 Å². The number of carbonyl (C=O) groups excluding carboxylic acids is 2. The van der Waals surface area contributed by atoms with Crippen molar-refractivity contribution in [2.75, 3.05) is 24.2 Å². The number of nitrogens with one attached hydrogen (secondary N) is 2. The lowest BCUT2D eigenvalue weighted by Crippen LogP contribution is -2.32. The summed E-state index contributed by atoms with van der Waals surface area (Å²) in [5.41, 5.74) is 3.26. The predicted octanol–water partition coefficient (Wildman–Crippen LogP) is 4.24. The van der Waals surface area contributed by atoms with Crippen LogP contribution in [0.3, 0.4) is 0 Å². The molecule has 1 fully saturated rings. The van der Waals surface area contributed by atoms with E-state index >= 15 is 0 Å². The van der Waals surface area contributed by atoms with Gasteiger partial charge in [-0.2, -0.15) is 0 Å². The van der Waals surface area contributed by atoms with Crippen LogP contribution in [0.15, 0.2) is 46.8 Å². The number of nitrogens with zero attached hydrogens (tertiary/aromatic N) is 1. The lowest BCUT2D eigenvalue weighted by atomic mass is 10.1. The molecule has 1 unspecified atom stereocenters. The third-order valence-electron chi connectivity index (χ3n) is 4.78. The molecule has 6 nitrogen and oxygen atoms in total. The van der Waals surface area contributed by atoms with Crippen LogP contribution in [-0.4, -0.2) is 41.8 Å². The highest BCUT2D eigenvalue weighted by molar-refractivity contribution is 8.01. The molecule has 1 aliphatic rings. The monoisotopic (exact) mass is 441 g/mol. The van der Waals surface area contributed by atoms with E-state index in [0.29, 0.717) is 17.9 Å². The minimum absolute atomic E-state index is 0.0131. The minimum atomic E-state index is -0.139. The van der Waals surface area contributed by atoms with Gasteiger partial charge in [0.25, 0.3) is 5.91 Å². The highest BCUT2D eigenvalue weighted by Crippen LogP contribution is 2.31. The summed E-state index contributed by atoms with van der Waals surface area (Å²) in [7, 11) is 0. The first-order valence-corrected chi connectivity index (χ1v) is 11.7. The lowest BCUT2D eigenvalue weighted by molar-refractivity contribution is -0.119. The number of anilines is 1. The smallest absolute Gasteiger partial charge is 0.255 e. The van der Waals surface area contributed by atoms with Crippen LogP contribution in [0.2, 0.25) is 0 Å². The summed E-state index contributed by atoms with van der Waals surface area (Å²) in [6, 6.07) is 13.1. The van der Waals surface area contributed by atoms with Crippen molar-refractivity contribution in [2.24, 2.45) is 0 Å². The van der Waals surface area contributed by atoms with E-state index in [9.17, 15) is 9.59 Å². The number of thiazole rings is 1. The first-order valence-electron chi connectivity index (χ1n) is 9.86. The summed E-state index contributed by atoms with van der Waals surface area (Å²) in [6.45, 7) is 3.32. The van der Waals surface area contributed by atoms with Gasteiger partial charge in [-0.1, -0.05) is 29.5 Å². The minimum Gasteiger partial charge on any atom is -0.376 e. The lowest BCUT2D eigenvalue weighted by Gasteiger charge is -2.09. The van der Waals surface area contributed by atoms with Crippen molar-refractivity contribution in [3.05, 3.63) is 53.6 Å². The fraction of sp³-hybridized carbons (Fsp3) is 0.318. The van der Waals surface area contributed by atoms with Crippen molar-refractivity contribution >= 4 is 50.8 Å². The molecule has 3 aromatic rings. The van der Waals surface area contributed by atoms with Crippen LogP contribution < -0.4 is 10.6 Å². The Bertz CT molecular complexity index is 1060. The van der Waals surface area contributed by atoms with E-state index in [0.717, 1.165) is 45.3 Å². The van der Waals surface area contributed by atoms with E-state index in [1.807, 2.05) is 43.3 Å². The van der Waals surface area contributed by atoms with Gasteiger partial charge in [-0.3, -0.25) is 9.59 Å². The van der Waals surface area contributed by atoms with Crippen molar-refractivity contribution < 1.29 is 14.3 Å². The average Bonchev–Trinajstić information content (AvgIpc) is 3.40. The normalized spacial score (nSPS) is 16.0. The van der Waals surface area contributed by atoms with Gasteiger partial charge >= 0.3 is 0 Å². The summed E-state index contributed by atoms with van der Waals surface area (Å²) in [5.74, 6) is 0.171. The number of thioether (sulfide) groups is 1. The molecule has 156 valence electrons. The molecule has 1 aliphatic heterocycles. The fourth-order valence-corrected chi connectivity index (χ4v) is 5.18. The van der Waals surface area contributed by atoms with Gasteiger partial charge in [-0.05, 0) is 50.1 Å². The number of ether oxygens (including phenoxy) is 1. The predicted molar refractivity (Wildman–Crippen MR) is 121 cm³/mol. The summed E-state index contributed by atoms with van der Waals surface area (Å²) >= 11 is 2.94. The molecule has 2 aromatic carbocycles. The first kappa shape index (κ1) is 20.8. The van der Waals surface area contributed by atoms with Gasteiger partial charge in [0, 0.05) is 24.4 Å². The van der Waals surface area contributed by atoms with Gasteiger partial charge in [0.1, 0.15) is 0 Å². The molecule has 0 radical (unpaired) electrons. The maximum absolute atomic E-state index is 12.5. The second-order valence-corrected chi connectivity index (χ2v) is 9.47. The summed E-state index contributed by atoms with van der Waals surface area (Å²) in [4.78, 5) is 29.1. The topological polar surface area (TPSA) is 80.3 Å². The summed E-state index contributed by atoms with van der Waals surface area (Å²) < 4.78 is 7.32. The Morgan fingerprint density at radius 3 is 2.97 bits per heavy atom. The van der Waals surface area contributed by atoms with Crippen LogP contribution in [0.1, 0.15) is 28.8 Å². The summed E-state index contributed by atoms with van der Waals surface area (Å²) in [6.07, 6.45) is 2.22. The van der Waals surface area contributed by atoms with E-state index in [4.69, 9.17) is 4.74 Å². The zero-order valence-corrected chi connectivity index (χ0v) is 18.3. The highest BCUT2D eigenvalue weighted by atomic mass is 32.2. The zero-order chi connectivity index (χ0) is 20.9. The van der Waals surface area contributed by atoms with Gasteiger partial charge in [-0.15, -0.1) is 11.3 Å². The molecular weight excluding hydrogens is 418 g/mol. The number of amides is 2. The number of carbonyl (C=O) groups is 2. The van der Waals surface area contributed by atoms with Gasteiger partial charge < -0.3 is 15.4 Å². The van der Waals surface area contributed by atoms with Crippen molar-refractivity contribution in [2.45, 2.75) is 30.2 Å². The molecule has 1 aromatic heterocycles. The molecule has 0 saturated carbocycles. The molecular formula is C22H23N3O3S2. The van der Waals surface area contributed by atoms with Gasteiger partial charge in [0.05, 0.1) is 22.1 Å². The SMILES string of the molecule is Cc1cccc(C(=O)Nc2ccc3nc(SCC(=O)NCC4CCCO4)sc3c2)c1. The molecule has 2 N–H and O–H groups in total. The van der Waals surface area contributed by atoms with Gasteiger partial charge in [0.15, 0.2) is 4.34 Å². The maximum atomic E-state index is 12.5. The van der Waals surface area contributed by atoms with E-state index < -0.39 is 0 Å². The molecule has 0 aliphatic carbocycles. The van der Waals surface area contributed by atoms with E-state index in [1.54, 1.807) is 6.07 Å². The van der Waals surface area contributed by atoms with Crippen molar-refractivity contribution in [1.82, 2.24) is 10.3 Å². The van der Waals surface area contributed by atoms with E-state index in [-0.39, 0.29) is 17.9 Å². The molecule has 30 heavy (non-hydrogen) atoms. The molecule has 0 spiro atoms. The molecule has 2 heterocycles. The molecule has 2 amide bonds. The van der Waals surface area contributed by atoms with Crippen LogP contribution >= 0.6 is 23.1 Å². The Kier molecular flexibility index (Phi) is 6.66. The molecule has 8 heteroatoms. The number of rotatable bonds is 7. The van der Waals surface area contributed by atoms with E-state index in [2.05, 4.69) is 15.6 Å². The number of hydrogen-bond acceptors (Lipinski definition) is 6. The average molecular weight is 442 g/mol. The Balaban J connectivity index is 1.34. The number of hydrogen-bond donors (Lipinski definition) is 2. The Morgan fingerprint density at radius 1 is 1.27 bits per heavy atom. The second kappa shape index (κ2) is 9.59. The number of benzene rings is 2. The second-order valence-electron chi connectivity index (χ2n) is 7.21. The fourth-order valence-electron chi connectivity index (χ4n) is 3.24. The number of aryl methyl sites for hydroxylation is 1.